The number of imidazole rings is 1. The van der Waals surface area contributed by atoms with Gasteiger partial charge in [-0.15, -0.1) is 5.10 Å². The smallest absolute Gasteiger partial charge is 0.267 e. The number of rotatable bonds is 7. The fraction of sp³-hybridized carbons (Fsp3) is 0.294. The average molecular weight is 340 g/mol. The summed E-state index contributed by atoms with van der Waals surface area (Å²) < 4.78 is 1.75. The van der Waals surface area contributed by atoms with Gasteiger partial charge in [-0.2, -0.15) is 0 Å². The molecule has 2 heterocycles. The molecule has 1 unspecified atom stereocenters. The van der Waals surface area contributed by atoms with Crippen LogP contribution in [0.1, 0.15) is 43.7 Å². The van der Waals surface area contributed by atoms with E-state index in [0.717, 1.165) is 36.1 Å². The van der Waals surface area contributed by atoms with Gasteiger partial charge >= 0.3 is 0 Å². The third-order valence-electron chi connectivity index (χ3n) is 3.92. The van der Waals surface area contributed by atoms with Crippen LogP contribution >= 0.6 is 0 Å². The highest BCUT2D eigenvalue weighted by Gasteiger charge is 2.19. The highest BCUT2D eigenvalue weighted by molar-refractivity contribution is 5.90. The summed E-state index contributed by atoms with van der Waals surface area (Å²) in [5, 5.41) is 16.8. The van der Waals surface area contributed by atoms with Gasteiger partial charge in [0, 0.05) is 6.08 Å². The maximum absolute atomic E-state index is 11.1. The Balaban J connectivity index is 1.89. The van der Waals surface area contributed by atoms with Crippen LogP contribution in [0.15, 0.2) is 36.5 Å². The molecule has 1 atom stereocenters. The number of fused-ring (bicyclic) bond motifs is 1. The van der Waals surface area contributed by atoms with Crippen LogP contribution in [0.5, 0.6) is 0 Å². The molecule has 2 aromatic heterocycles. The van der Waals surface area contributed by atoms with E-state index in [-0.39, 0.29) is 6.04 Å². The molecule has 0 saturated carbocycles. The second kappa shape index (κ2) is 7.71. The van der Waals surface area contributed by atoms with Gasteiger partial charge in [0.2, 0.25) is 0 Å². The highest BCUT2D eigenvalue weighted by Crippen LogP contribution is 2.24. The van der Waals surface area contributed by atoms with E-state index < -0.39 is 5.91 Å². The molecule has 3 rings (SSSR count). The van der Waals surface area contributed by atoms with Crippen molar-refractivity contribution in [2.75, 3.05) is 0 Å². The second-order valence-corrected chi connectivity index (χ2v) is 5.73. The summed E-state index contributed by atoms with van der Waals surface area (Å²) in [7, 11) is 0. The summed E-state index contributed by atoms with van der Waals surface area (Å²) in [4.78, 5) is 19.1. The molecule has 130 valence electrons. The molecule has 3 N–H and O–H groups in total. The largest absolute Gasteiger partial charge is 0.340 e. The minimum atomic E-state index is -0.616. The summed E-state index contributed by atoms with van der Waals surface area (Å²) in [6, 6.07) is 7.82. The first-order chi connectivity index (χ1) is 12.2. The van der Waals surface area contributed by atoms with E-state index >= 15 is 0 Å². The third kappa shape index (κ3) is 3.92. The standard InChI is InChI=1S/C17H20N6O2/c1-2-3-8-15(17-18-13-6-4-5-7-14(13)19-17)23-11-12(20-22-23)9-10-16(24)21-25/h4-7,9-11,15,25H,2-3,8H2,1H3,(H,18,19)(H,21,24). The highest BCUT2D eigenvalue weighted by atomic mass is 16.5. The molecule has 3 aromatic rings. The number of para-hydroxylation sites is 2. The van der Waals surface area contributed by atoms with Crippen molar-refractivity contribution >= 4 is 23.0 Å². The normalized spacial score (nSPS) is 12.7. The fourth-order valence-electron chi connectivity index (χ4n) is 2.64. The molecule has 1 amide bonds. The van der Waals surface area contributed by atoms with Crippen molar-refractivity contribution in [3.63, 3.8) is 0 Å². The lowest BCUT2D eigenvalue weighted by atomic mass is 10.1. The van der Waals surface area contributed by atoms with Gasteiger partial charge in [0.15, 0.2) is 0 Å². The molecule has 0 bridgehead atoms. The van der Waals surface area contributed by atoms with Gasteiger partial charge in [-0.1, -0.05) is 37.1 Å². The Hall–Kier alpha value is -3.00. The number of hydroxylamine groups is 1. The minimum Gasteiger partial charge on any atom is -0.340 e. The number of aromatic nitrogens is 5. The first-order valence-corrected chi connectivity index (χ1v) is 8.20. The van der Waals surface area contributed by atoms with Crippen molar-refractivity contribution in [3.8, 4) is 0 Å². The molecule has 0 aliphatic carbocycles. The molecule has 0 saturated heterocycles. The van der Waals surface area contributed by atoms with Crippen molar-refractivity contribution in [1.29, 1.82) is 0 Å². The predicted molar refractivity (Wildman–Crippen MR) is 92.7 cm³/mol. The predicted octanol–water partition coefficient (Wildman–Crippen LogP) is 2.45. The fourth-order valence-corrected chi connectivity index (χ4v) is 2.64. The molecule has 0 aliphatic heterocycles. The number of hydrogen-bond donors (Lipinski definition) is 3. The zero-order valence-corrected chi connectivity index (χ0v) is 13.9. The quantitative estimate of drug-likeness (QED) is 0.348. The van der Waals surface area contributed by atoms with Crippen molar-refractivity contribution in [2.45, 2.75) is 32.2 Å². The monoisotopic (exact) mass is 340 g/mol. The van der Waals surface area contributed by atoms with Crippen molar-refractivity contribution in [3.05, 3.63) is 48.1 Å². The topological polar surface area (TPSA) is 109 Å². The Labute approximate surface area is 144 Å². The number of amides is 1. The number of unbranched alkanes of at least 4 members (excludes halogenated alkanes) is 1. The van der Waals surface area contributed by atoms with Gasteiger partial charge in [-0.25, -0.2) is 15.1 Å². The number of aromatic amines is 1. The van der Waals surface area contributed by atoms with Crippen LogP contribution < -0.4 is 5.48 Å². The molecule has 8 nitrogen and oxygen atoms in total. The summed E-state index contributed by atoms with van der Waals surface area (Å²) in [6.45, 7) is 2.14. The van der Waals surface area contributed by atoms with E-state index in [0.29, 0.717) is 5.69 Å². The number of H-pyrrole nitrogens is 1. The molecule has 8 heteroatoms. The molecule has 0 spiro atoms. The number of hydrogen-bond acceptors (Lipinski definition) is 5. The molecule has 0 fully saturated rings. The number of carbonyl (C=O) groups is 1. The maximum atomic E-state index is 11.1. The molecule has 0 aliphatic rings. The van der Waals surface area contributed by atoms with Gasteiger partial charge in [0.05, 0.1) is 17.2 Å². The molecule has 1 aromatic carbocycles. The SMILES string of the molecule is CCCCC(c1nc2ccccc2[nH]1)n1cc(C=CC(=O)NO)nn1. The molecule has 0 radical (unpaired) electrons. The lowest BCUT2D eigenvalue weighted by Crippen LogP contribution is -2.14. The molecular weight excluding hydrogens is 320 g/mol. The van der Waals surface area contributed by atoms with Crippen LogP contribution in [0.25, 0.3) is 17.1 Å². The first kappa shape index (κ1) is 16.8. The summed E-state index contributed by atoms with van der Waals surface area (Å²) in [6.07, 6.45) is 7.41. The van der Waals surface area contributed by atoms with Gasteiger partial charge in [-0.05, 0) is 24.6 Å². The van der Waals surface area contributed by atoms with Gasteiger partial charge in [0.1, 0.15) is 17.6 Å². The van der Waals surface area contributed by atoms with Crippen molar-refractivity contribution in [2.24, 2.45) is 0 Å². The number of carbonyl (C=O) groups excluding carboxylic acids is 1. The second-order valence-electron chi connectivity index (χ2n) is 5.73. The van der Waals surface area contributed by atoms with Crippen LogP contribution in [0.3, 0.4) is 0 Å². The van der Waals surface area contributed by atoms with E-state index in [4.69, 9.17) is 5.21 Å². The Bertz CT molecular complexity index is 849. The van der Waals surface area contributed by atoms with Crippen LogP contribution in [-0.4, -0.2) is 36.1 Å². The zero-order valence-electron chi connectivity index (χ0n) is 13.9. The van der Waals surface area contributed by atoms with E-state index in [2.05, 4.69) is 27.2 Å². The van der Waals surface area contributed by atoms with E-state index in [1.807, 2.05) is 24.3 Å². The first-order valence-electron chi connectivity index (χ1n) is 8.20. The average Bonchev–Trinajstić information content (AvgIpc) is 3.27. The number of nitrogens with zero attached hydrogens (tertiary/aromatic N) is 4. The van der Waals surface area contributed by atoms with Crippen LogP contribution in [-0.2, 0) is 4.79 Å². The zero-order chi connectivity index (χ0) is 17.6. The number of nitrogens with one attached hydrogen (secondary N) is 2. The van der Waals surface area contributed by atoms with Gasteiger partial charge < -0.3 is 4.98 Å². The van der Waals surface area contributed by atoms with Crippen LogP contribution in [0, 0.1) is 0 Å². The Kier molecular flexibility index (Phi) is 5.20. The lowest BCUT2D eigenvalue weighted by Gasteiger charge is -2.13. The summed E-state index contributed by atoms with van der Waals surface area (Å²) in [5.41, 5.74) is 3.97. The van der Waals surface area contributed by atoms with E-state index in [9.17, 15) is 4.79 Å². The van der Waals surface area contributed by atoms with Crippen LogP contribution in [0.2, 0.25) is 0 Å². The van der Waals surface area contributed by atoms with Crippen molar-refractivity contribution in [1.82, 2.24) is 30.4 Å². The Morgan fingerprint density at radius 3 is 3.04 bits per heavy atom. The van der Waals surface area contributed by atoms with Gasteiger partial charge in [0.25, 0.3) is 5.91 Å². The van der Waals surface area contributed by atoms with E-state index in [1.165, 1.54) is 17.6 Å². The van der Waals surface area contributed by atoms with Crippen molar-refractivity contribution < 1.29 is 10.0 Å². The minimum absolute atomic E-state index is 0.0614. The lowest BCUT2D eigenvalue weighted by molar-refractivity contribution is -0.124. The summed E-state index contributed by atoms with van der Waals surface area (Å²) in [5.74, 6) is 0.220. The molecular formula is C17H20N6O2. The Morgan fingerprint density at radius 1 is 1.44 bits per heavy atom. The maximum Gasteiger partial charge on any atom is 0.267 e. The van der Waals surface area contributed by atoms with Crippen LogP contribution in [0.4, 0.5) is 0 Å². The van der Waals surface area contributed by atoms with E-state index in [1.54, 1.807) is 10.9 Å². The third-order valence-corrected chi connectivity index (χ3v) is 3.92. The number of benzene rings is 1. The van der Waals surface area contributed by atoms with Gasteiger partial charge in [-0.3, -0.25) is 10.0 Å². The molecule has 25 heavy (non-hydrogen) atoms. The summed E-state index contributed by atoms with van der Waals surface area (Å²) >= 11 is 0. The Morgan fingerprint density at radius 2 is 2.28 bits per heavy atom.